The lowest BCUT2D eigenvalue weighted by atomic mass is 10.0. The fourth-order valence-corrected chi connectivity index (χ4v) is 5.35. The second kappa shape index (κ2) is 13.5. The lowest BCUT2D eigenvalue weighted by Gasteiger charge is -2.33. The number of anilines is 1. The van der Waals surface area contributed by atoms with Gasteiger partial charge in [-0.15, -0.1) is 0 Å². The van der Waals surface area contributed by atoms with Crippen molar-refractivity contribution in [3.63, 3.8) is 0 Å². The molecule has 0 saturated heterocycles. The van der Waals surface area contributed by atoms with Crippen molar-refractivity contribution in [2.75, 3.05) is 36.9 Å². The van der Waals surface area contributed by atoms with Gasteiger partial charge in [-0.1, -0.05) is 49.4 Å². The van der Waals surface area contributed by atoms with E-state index < -0.39 is 34.3 Å². The van der Waals surface area contributed by atoms with E-state index in [1.807, 2.05) is 37.3 Å². The molecule has 1 aliphatic heterocycles. The Morgan fingerprint density at radius 1 is 0.951 bits per heavy atom. The number of amides is 2. The van der Waals surface area contributed by atoms with E-state index in [2.05, 4.69) is 5.32 Å². The normalized spacial score (nSPS) is 13.2. The number of fused-ring (bicyclic) bond motifs is 1. The first kappa shape index (κ1) is 29.9. The summed E-state index contributed by atoms with van der Waals surface area (Å²) in [5, 5.41) is 2.88. The van der Waals surface area contributed by atoms with Crippen molar-refractivity contribution >= 4 is 27.5 Å². The van der Waals surface area contributed by atoms with Gasteiger partial charge < -0.3 is 19.7 Å². The third kappa shape index (κ3) is 7.97. The Labute approximate surface area is 239 Å². The number of halogens is 1. The average molecular weight is 584 g/mol. The summed E-state index contributed by atoms with van der Waals surface area (Å²) in [6.07, 6.45) is 1.91. The Morgan fingerprint density at radius 2 is 1.63 bits per heavy atom. The van der Waals surface area contributed by atoms with Crippen molar-refractivity contribution in [3.05, 3.63) is 89.7 Å². The Hall–Kier alpha value is -4.12. The van der Waals surface area contributed by atoms with Gasteiger partial charge >= 0.3 is 0 Å². The summed E-state index contributed by atoms with van der Waals surface area (Å²) in [6, 6.07) is 18.6. The molecule has 11 heteroatoms. The largest absolute Gasteiger partial charge is 0.486 e. The molecular weight excluding hydrogens is 549 g/mol. The van der Waals surface area contributed by atoms with Crippen molar-refractivity contribution in [2.45, 2.75) is 32.4 Å². The van der Waals surface area contributed by atoms with Gasteiger partial charge in [0.25, 0.3) is 0 Å². The lowest BCUT2D eigenvalue weighted by molar-refractivity contribution is -0.140. The van der Waals surface area contributed by atoms with E-state index in [4.69, 9.17) is 9.47 Å². The van der Waals surface area contributed by atoms with Gasteiger partial charge in [0.05, 0.1) is 11.9 Å². The van der Waals surface area contributed by atoms with Gasteiger partial charge in [-0.25, -0.2) is 12.8 Å². The molecule has 0 bridgehead atoms. The minimum Gasteiger partial charge on any atom is -0.486 e. The predicted molar refractivity (Wildman–Crippen MR) is 154 cm³/mol. The maximum atomic E-state index is 14.1. The number of hydrogen-bond acceptors (Lipinski definition) is 6. The van der Waals surface area contributed by atoms with Crippen LogP contribution < -0.4 is 19.1 Å². The molecule has 0 radical (unpaired) electrons. The molecule has 0 aromatic heterocycles. The van der Waals surface area contributed by atoms with Crippen molar-refractivity contribution in [1.29, 1.82) is 0 Å². The van der Waals surface area contributed by atoms with Gasteiger partial charge in [0.1, 0.15) is 31.6 Å². The fourth-order valence-electron chi connectivity index (χ4n) is 4.51. The van der Waals surface area contributed by atoms with Gasteiger partial charge in [0.2, 0.25) is 21.8 Å². The van der Waals surface area contributed by atoms with Gasteiger partial charge in [-0.2, -0.15) is 0 Å². The number of sulfonamides is 1. The smallest absolute Gasteiger partial charge is 0.244 e. The van der Waals surface area contributed by atoms with Crippen LogP contribution in [0, 0.1) is 5.82 Å². The standard InChI is InChI=1S/C30H34FN3O6S/c1-3-15-32-30(36)26(18-22-7-5-4-6-8-22)33(20-23-9-11-24(31)12-10-23)29(35)21-34(41(2,37)38)25-13-14-27-28(19-25)40-17-16-39-27/h4-14,19,26H,3,15-18,20-21H2,1-2H3,(H,32,36). The van der Waals surface area contributed by atoms with Crippen molar-refractivity contribution in [3.8, 4) is 11.5 Å². The van der Waals surface area contributed by atoms with Gasteiger partial charge in [-0.3, -0.25) is 13.9 Å². The number of nitrogens with zero attached hydrogens (tertiary/aromatic N) is 2. The molecule has 1 N–H and O–H groups in total. The molecule has 1 unspecified atom stereocenters. The van der Waals surface area contributed by atoms with E-state index in [1.165, 1.54) is 35.2 Å². The summed E-state index contributed by atoms with van der Waals surface area (Å²) in [5.41, 5.74) is 1.64. The van der Waals surface area contributed by atoms with E-state index >= 15 is 0 Å². The van der Waals surface area contributed by atoms with Crippen LogP contribution >= 0.6 is 0 Å². The average Bonchev–Trinajstić information content (AvgIpc) is 2.97. The number of carbonyl (C=O) groups is 2. The minimum atomic E-state index is -3.93. The highest BCUT2D eigenvalue weighted by Gasteiger charge is 2.33. The van der Waals surface area contributed by atoms with Crippen LogP contribution in [0.4, 0.5) is 10.1 Å². The van der Waals surface area contributed by atoms with Gasteiger partial charge in [-0.05, 0) is 41.8 Å². The lowest BCUT2D eigenvalue weighted by Crippen LogP contribution is -2.53. The molecule has 41 heavy (non-hydrogen) atoms. The summed E-state index contributed by atoms with van der Waals surface area (Å²) in [7, 11) is -3.93. The summed E-state index contributed by atoms with van der Waals surface area (Å²) in [5.74, 6) is -0.541. The molecule has 1 atom stereocenters. The number of benzene rings is 3. The summed E-state index contributed by atoms with van der Waals surface area (Å²) in [6.45, 7) is 2.43. The monoisotopic (exact) mass is 583 g/mol. The molecule has 1 aliphatic rings. The molecule has 0 fully saturated rings. The second-order valence-electron chi connectivity index (χ2n) is 9.74. The highest BCUT2D eigenvalue weighted by Crippen LogP contribution is 2.34. The summed E-state index contributed by atoms with van der Waals surface area (Å²) >= 11 is 0. The van der Waals surface area contributed by atoms with E-state index in [0.717, 1.165) is 16.1 Å². The summed E-state index contributed by atoms with van der Waals surface area (Å²) in [4.78, 5) is 28.9. The topological polar surface area (TPSA) is 105 Å². The maximum Gasteiger partial charge on any atom is 0.244 e. The van der Waals surface area contributed by atoms with Gasteiger partial charge in [0, 0.05) is 25.6 Å². The highest BCUT2D eigenvalue weighted by molar-refractivity contribution is 7.92. The molecule has 3 aromatic rings. The molecule has 9 nitrogen and oxygen atoms in total. The zero-order chi connectivity index (χ0) is 29.4. The Kier molecular flexibility index (Phi) is 9.82. The van der Waals surface area contributed by atoms with E-state index in [0.29, 0.717) is 43.2 Å². The Balaban J connectivity index is 1.71. The number of ether oxygens (including phenoxy) is 2. The van der Waals surface area contributed by atoms with Crippen LogP contribution in [0.25, 0.3) is 0 Å². The quantitative estimate of drug-likeness (QED) is 0.350. The van der Waals surface area contributed by atoms with E-state index in [1.54, 1.807) is 12.1 Å². The first-order chi connectivity index (χ1) is 19.7. The molecule has 1 heterocycles. The SMILES string of the molecule is CCCNC(=O)C(Cc1ccccc1)N(Cc1ccc(F)cc1)C(=O)CN(c1ccc2c(c1)OCCO2)S(C)(=O)=O. The fraction of sp³-hybridized carbons (Fsp3) is 0.333. The molecule has 0 saturated carbocycles. The van der Waals surface area contributed by atoms with E-state index in [-0.39, 0.29) is 24.6 Å². The number of nitrogens with one attached hydrogen (secondary N) is 1. The predicted octanol–water partition coefficient (Wildman–Crippen LogP) is 3.53. The molecule has 0 spiro atoms. The third-order valence-electron chi connectivity index (χ3n) is 6.58. The first-order valence-electron chi connectivity index (χ1n) is 13.4. The molecular formula is C30H34FN3O6S. The van der Waals surface area contributed by atoms with Crippen LogP contribution in [-0.2, 0) is 32.6 Å². The Bertz CT molecular complexity index is 1450. The van der Waals surface area contributed by atoms with Crippen LogP contribution in [0.1, 0.15) is 24.5 Å². The second-order valence-corrected chi connectivity index (χ2v) is 11.6. The van der Waals surface area contributed by atoms with Gasteiger partial charge in [0.15, 0.2) is 11.5 Å². The molecule has 0 aliphatic carbocycles. The maximum absolute atomic E-state index is 14.1. The molecule has 4 rings (SSSR count). The number of rotatable bonds is 12. The molecule has 3 aromatic carbocycles. The number of carbonyl (C=O) groups excluding carboxylic acids is 2. The zero-order valence-corrected chi connectivity index (χ0v) is 23.9. The molecule has 218 valence electrons. The summed E-state index contributed by atoms with van der Waals surface area (Å²) < 4.78 is 51.7. The van der Waals surface area contributed by atoms with Crippen LogP contribution in [0.5, 0.6) is 11.5 Å². The molecule has 2 amide bonds. The van der Waals surface area contributed by atoms with Crippen LogP contribution in [-0.4, -0.2) is 63.7 Å². The Morgan fingerprint density at radius 3 is 2.29 bits per heavy atom. The zero-order valence-electron chi connectivity index (χ0n) is 23.1. The van der Waals surface area contributed by atoms with Crippen LogP contribution in [0.3, 0.4) is 0 Å². The van der Waals surface area contributed by atoms with Crippen LogP contribution in [0.2, 0.25) is 0 Å². The first-order valence-corrected chi connectivity index (χ1v) is 15.2. The van der Waals surface area contributed by atoms with Crippen molar-refractivity contribution in [1.82, 2.24) is 10.2 Å². The van der Waals surface area contributed by atoms with E-state index in [9.17, 15) is 22.4 Å². The third-order valence-corrected chi connectivity index (χ3v) is 7.72. The minimum absolute atomic E-state index is 0.0328. The number of hydrogen-bond donors (Lipinski definition) is 1. The van der Waals surface area contributed by atoms with Crippen LogP contribution in [0.15, 0.2) is 72.8 Å². The van der Waals surface area contributed by atoms with Crippen molar-refractivity contribution in [2.24, 2.45) is 0 Å². The van der Waals surface area contributed by atoms with Crippen molar-refractivity contribution < 1.29 is 31.9 Å². The highest BCUT2D eigenvalue weighted by atomic mass is 32.2.